The summed E-state index contributed by atoms with van der Waals surface area (Å²) >= 11 is 0. The smallest absolute Gasteiger partial charge is 0.228 e. The molecule has 0 saturated heterocycles. The van der Waals surface area contributed by atoms with Crippen molar-refractivity contribution in [1.82, 2.24) is 10.1 Å². The molecule has 0 spiro atoms. The summed E-state index contributed by atoms with van der Waals surface area (Å²) in [4.78, 5) is 4.16. The fraction of sp³-hybridized carbons (Fsp3) is 0.429. The molecule has 0 aliphatic carbocycles. The van der Waals surface area contributed by atoms with Crippen LogP contribution in [-0.2, 0) is 6.42 Å². The van der Waals surface area contributed by atoms with Crippen molar-refractivity contribution in [3.05, 3.63) is 35.7 Å². The largest absolute Gasteiger partial charge is 0.339 e. The van der Waals surface area contributed by atoms with Crippen LogP contribution in [0.3, 0.4) is 0 Å². The van der Waals surface area contributed by atoms with E-state index in [9.17, 15) is 8.78 Å². The lowest BCUT2D eigenvalue weighted by Crippen LogP contribution is -2.36. The molecular weight excluding hydrogens is 264 g/mol. The lowest BCUT2D eigenvalue weighted by Gasteiger charge is -2.25. The highest BCUT2D eigenvalue weighted by Crippen LogP contribution is 2.22. The zero-order chi connectivity index (χ0) is 14.9. The second-order valence-electron chi connectivity index (χ2n) is 5.82. The van der Waals surface area contributed by atoms with Crippen molar-refractivity contribution >= 4 is 0 Å². The number of aromatic nitrogens is 2. The second-order valence-corrected chi connectivity index (χ2v) is 5.82. The molecule has 2 N–H and O–H groups in total. The fourth-order valence-corrected chi connectivity index (χ4v) is 1.58. The molecule has 1 unspecified atom stereocenters. The number of rotatable bonds is 3. The Morgan fingerprint density at radius 1 is 1.25 bits per heavy atom. The summed E-state index contributed by atoms with van der Waals surface area (Å²) in [6.07, 6.45) is 0.431. The SMILES string of the molecule is CC(C)(C)C(N)Cc1nc(-c2ccc(F)c(F)c2)no1. The molecule has 0 bridgehead atoms. The maximum atomic E-state index is 13.2. The van der Waals surface area contributed by atoms with Gasteiger partial charge in [-0.3, -0.25) is 0 Å². The van der Waals surface area contributed by atoms with Gasteiger partial charge in [0.1, 0.15) is 0 Å². The van der Waals surface area contributed by atoms with Crippen LogP contribution in [-0.4, -0.2) is 16.2 Å². The predicted octanol–water partition coefficient (Wildman–Crippen LogP) is 2.93. The van der Waals surface area contributed by atoms with Crippen molar-refractivity contribution in [2.45, 2.75) is 33.2 Å². The van der Waals surface area contributed by atoms with Gasteiger partial charge in [-0.15, -0.1) is 0 Å². The third-order valence-corrected chi connectivity index (χ3v) is 3.15. The average Bonchev–Trinajstić information content (AvgIpc) is 2.80. The number of hydrogen-bond donors (Lipinski definition) is 1. The Balaban J connectivity index is 2.18. The van der Waals surface area contributed by atoms with Crippen LogP contribution in [0.4, 0.5) is 8.78 Å². The van der Waals surface area contributed by atoms with Crippen LogP contribution in [0, 0.1) is 17.0 Å². The summed E-state index contributed by atoms with van der Waals surface area (Å²) in [5, 5.41) is 3.76. The van der Waals surface area contributed by atoms with E-state index < -0.39 is 11.6 Å². The number of nitrogens with zero attached hydrogens (tertiary/aromatic N) is 2. The van der Waals surface area contributed by atoms with Crippen LogP contribution < -0.4 is 5.73 Å². The van der Waals surface area contributed by atoms with Gasteiger partial charge in [0.15, 0.2) is 11.6 Å². The topological polar surface area (TPSA) is 64.9 Å². The first-order chi connectivity index (χ1) is 9.27. The van der Waals surface area contributed by atoms with Gasteiger partial charge in [-0.25, -0.2) is 8.78 Å². The van der Waals surface area contributed by atoms with E-state index in [4.69, 9.17) is 10.3 Å². The molecule has 20 heavy (non-hydrogen) atoms. The Labute approximate surface area is 116 Å². The van der Waals surface area contributed by atoms with Gasteiger partial charge in [0.25, 0.3) is 0 Å². The molecule has 1 aromatic heterocycles. The molecule has 108 valence electrons. The predicted molar refractivity (Wildman–Crippen MR) is 70.8 cm³/mol. The van der Waals surface area contributed by atoms with Gasteiger partial charge < -0.3 is 10.3 Å². The van der Waals surface area contributed by atoms with Gasteiger partial charge in [0.2, 0.25) is 11.7 Å². The highest BCUT2D eigenvalue weighted by molar-refractivity contribution is 5.54. The van der Waals surface area contributed by atoms with E-state index >= 15 is 0 Å². The highest BCUT2D eigenvalue weighted by Gasteiger charge is 2.23. The molecule has 2 aromatic rings. The molecule has 0 amide bonds. The maximum absolute atomic E-state index is 13.2. The summed E-state index contributed by atoms with van der Waals surface area (Å²) < 4.78 is 31.1. The van der Waals surface area contributed by atoms with Crippen molar-refractivity contribution in [3.8, 4) is 11.4 Å². The summed E-state index contributed by atoms with van der Waals surface area (Å²) in [6.45, 7) is 6.05. The Kier molecular flexibility index (Phi) is 3.85. The number of nitrogens with two attached hydrogens (primary N) is 1. The zero-order valence-electron chi connectivity index (χ0n) is 11.7. The molecule has 1 atom stereocenters. The minimum atomic E-state index is -0.944. The molecular formula is C14H17F2N3O. The molecule has 6 heteroatoms. The quantitative estimate of drug-likeness (QED) is 0.939. The lowest BCUT2D eigenvalue weighted by molar-refractivity contribution is 0.286. The number of halogens is 2. The normalized spacial score (nSPS) is 13.5. The molecule has 0 fully saturated rings. The number of benzene rings is 1. The minimum Gasteiger partial charge on any atom is -0.339 e. The molecule has 0 radical (unpaired) electrons. The Hall–Kier alpha value is -1.82. The standard InChI is InChI=1S/C14H17F2N3O/c1-14(2,3)11(17)7-12-18-13(19-20-12)8-4-5-9(15)10(16)6-8/h4-6,11H,7,17H2,1-3H3. The van der Waals surface area contributed by atoms with E-state index in [2.05, 4.69) is 10.1 Å². The van der Waals surface area contributed by atoms with E-state index in [1.807, 2.05) is 20.8 Å². The van der Waals surface area contributed by atoms with E-state index in [1.54, 1.807) is 0 Å². The Morgan fingerprint density at radius 2 is 1.95 bits per heavy atom. The molecule has 2 rings (SSSR count). The first-order valence-corrected chi connectivity index (χ1v) is 6.31. The first kappa shape index (κ1) is 14.6. The van der Waals surface area contributed by atoms with E-state index in [1.165, 1.54) is 6.07 Å². The average molecular weight is 281 g/mol. The minimum absolute atomic E-state index is 0.0867. The molecule has 0 saturated carbocycles. The van der Waals surface area contributed by atoms with Crippen LogP contribution in [0.5, 0.6) is 0 Å². The summed E-state index contributed by atoms with van der Waals surface area (Å²) in [6, 6.07) is 3.33. The third kappa shape index (κ3) is 3.19. The van der Waals surface area contributed by atoms with Gasteiger partial charge in [-0.05, 0) is 23.6 Å². The summed E-state index contributed by atoms with van der Waals surface area (Å²) in [5.74, 6) is -1.25. The van der Waals surface area contributed by atoms with Crippen molar-refractivity contribution < 1.29 is 13.3 Å². The summed E-state index contributed by atoms with van der Waals surface area (Å²) in [7, 11) is 0. The van der Waals surface area contributed by atoms with Gasteiger partial charge in [0, 0.05) is 18.0 Å². The van der Waals surface area contributed by atoms with Crippen LogP contribution >= 0.6 is 0 Å². The zero-order valence-corrected chi connectivity index (χ0v) is 11.7. The highest BCUT2D eigenvalue weighted by atomic mass is 19.2. The van der Waals surface area contributed by atoms with Crippen LogP contribution in [0.2, 0.25) is 0 Å². The first-order valence-electron chi connectivity index (χ1n) is 6.31. The molecule has 4 nitrogen and oxygen atoms in total. The molecule has 0 aliphatic rings. The van der Waals surface area contributed by atoms with Crippen LogP contribution in [0.15, 0.2) is 22.7 Å². The molecule has 1 heterocycles. The Bertz CT molecular complexity index is 605. The van der Waals surface area contributed by atoms with E-state index in [-0.39, 0.29) is 17.3 Å². The van der Waals surface area contributed by atoms with E-state index in [0.29, 0.717) is 17.9 Å². The van der Waals surface area contributed by atoms with Crippen molar-refractivity contribution in [1.29, 1.82) is 0 Å². The van der Waals surface area contributed by atoms with E-state index in [0.717, 1.165) is 12.1 Å². The fourth-order valence-electron chi connectivity index (χ4n) is 1.58. The van der Waals surface area contributed by atoms with Crippen molar-refractivity contribution in [2.24, 2.45) is 11.1 Å². The monoisotopic (exact) mass is 281 g/mol. The second kappa shape index (κ2) is 5.28. The van der Waals surface area contributed by atoms with Crippen LogP contribution in [0.1, 0.15) is 26.7 Å². The Morgan fingerprint density at radius 3 is 2.55 bits per heavy atom. The van der Waals surface area contributed by atoms with Crippen LogP contribution in [0.25, 0.3) is 11.4 Å². The molecule has 1 aromatic carbocycles. The lowest BCUT2D eigenvalue weighted by atomic mass is 9.85. The van der Waals surface area contributed by atoms with Crippen molar-refractivity contribution in [3.63, 3.8) is 0 Å². The maximum Gasteiger partial charge on any atom is 0.228 e. The third-order valence-electron chi connectivity index (χ3n) is 3.15. The summed E-state index contributed by atoms with van der Waals surface area (Å²) in [5.41, 5.74) is 6.31. The molecule has 0 aliphatic heterocycles. The van der Waals surface area contributed by atoms with Gasteiger partial charge in [-0.1, -0.05) is 25.9 Å². The van der Waals surface area contributed by atoms with Gasteiger partial charge in [0.05, 0.1) is 0 Å². The van der Waals surface area contributed by atoms with Gasteiger partial charge in [-0.2, -0.15) is 4.98 Å². The number of hydrogen-bond acceptors (Lipinski definition) is 4. The van der Waals surface area contributed by atoms with Crippen molar-refractivity contribution in [2.75, 3.05) is 0 Å². The van der Waals surface area contributed by atoms with Gasteiger partial charge >= 0.3 is 0 Å².